The summed E-state index contributed by atoms with van der Waals surface area (Å²) >= 11 is 0. The Morgan fingerprint density at radius 3 is 2.60 bits per heavy atom. The van der Waals surface area contributed by atoms with E-state index in [4.69, 9.17) is 4.74 Å². The first-order chi connectivity index (χ1) is 6.90. The van der Waals surface area contributed by atoms with Crippen molar-refractivity contribution < 1.29 is 9.53 Å². The molecule has 1 rings (SSSR count). The van der Waals surface area contributed by atoms with E-state index in [0.717, 1.165) is 5.69 Å². The molecule has 1 amide bonds. The van der Waals surface area contributed by atoms with E-state index in [9.17, 15) is 4.79 Å². The SMILES string of the molecule is CN(C(=O)OC(C)(C)C)c1c[c]ccc1. The summed E-state index contributed by atoms with van der Waals surface area (Å²) in [4.78, 5) is 13.1. The van der Waals surface area contributed by atoms with Gasteiger partial charge in [-0.2, -0.15) is 0 Å². The molecule has 0 aliphatic heterocycles. The van der Waals surface area contributed by atoms with Gasteiger partial charge in [0.1, 0.15) is 5.60 Å². The van der Waals surface area contributed by atoms with E-state index < -0.39 is 5.60 Å². The Labute approximate surface area is 90.7 Å². The minimum absolute atomic E-state index is 0.359. The number of amides is 1. The highest BCUT2D eigenvalue weighted by molar-refractivity contribution is 5.87. The standard InChI is InChI=1S/C12H16NO2/c1-12(2,3)15-11(14)13(4)10-8-6-5-7-9-10/h5-6,8-9H,1-4H3. The normalized spacial score (nSPS) is 10.9. The highest BCUT2D eigenvalue weighted by Crippen LogP contribution is 2.15. The van der Waals surface area contributed by atoms with Gasteiger partial charge in [0.25, 0.3) is 0 Å². The summed E-state index contributed by atoms with van der Waals surface area (Å²) in [6.07, 6.45) is -0.359. The van der Waals surface area contributed by atoms with Crippen LogP contribution in [-0.4, -0.2) is 18.7 Å². The molecule has 15 heavy (non-hydrogen) atoms. The minimum Gasteiger partial charge on any atom is -0.443 e. The van der Waals surface area contributed by atoms with E-state index in [1.165, 1.54) is 4.90 Å². The van der Waals surface area contributed by atoms with Crippen molar-refractivity contribution in [1.29, 1.82) is 0 Å². The summed E-state index contributed by atoms with van der Waals surface area (Å²) in [7, 11) is 1.68. The van der Waals surface area contributed by atoms with Gasteiger partial charge in [0, 0.05) is 12.7 Å². The smallest absolute Gasteiger partial charge is 0.414 e. The molecule has 0 aromatic heterocycles. The van der Waals surface area contributed by atoms with Crippen molar-refractivity contribution in [1.82, 2.24) is 0 Å². The lowest BCUT2D eigenvalue weighted by molar-refractivity contribution is 0.0589. The van der Waals surface area contributed by atoms with Crippen LogP contribution >= 0.6 is 0 Å². The van der Waals surface area contributed by atoms with Gasteiger partial charge in [-0.1, -0.05) is 12.1 Å². The molecule has 0 aliphatic carbocycles. The molecule has 1 radical (unpaired) electrons. The fourth-order valence-corrected chi connectivity index (χ4v) is 1.03. The highest BCUT2D eigenvalue weighted by Gasteiger charge is 2.20. The molecule has 3 heteroatoms. The largest absolute Gasteiger partial charge is 0.443 e. The summed E-state index contributed by atoms with van der Waals surface area (Å²) in [5.41, 5.74) is 0.302. The molecule has 0 saturated carbocycles. The number of nitrogens with zero attached hydrogens (tertiary/aromatic N) is 1. The van der Waals surface area contributed by atoms with E-state index in [-0.39, 0.29) is 6.09 Å². The van der Waals surface area contributed by atoms with Gasteiger partial charge in [-0.3, -0.25) is 4.90 Å². The Hall–Kier alpha value is -1.51. The van der Waals surface area contributed by atoms with Crippen LogP contribution in [0.3, 0.4) is 0 Å². The number of rotatable bonds is 1. The summed E-state index contributed by atoms with van der Waals surface area (Å²) in [5, 5.41) is 0. The van der Waals surface area contributed by atoms with Gasteiger partial charge in [0.05, 0.1) is 0 Å². The van der Waals surface area contributed by atoms with Crippen molar-refractivity contribution in [2.75, 3.05) is 11.9 Å². The molecule has 0 unspecified atom stereocenters. The van der Waals surface area contributed by atoms with Crippen LogP contribution in [0.5, 0.6) is 0 Å². The first kappa shape index (κ1) is 11.6. The molecule has 81 valence electrons. The van der Waals surface area contributed by atoms with Gasteiger partial charge in [-0.05, 0) is 39.0 Å². The zero-order chi connectivity index (χ0) is 11.5. The van der Waals surface area contributed by atoms with E-state index in [0.29, 0.717) is 0 Å². The predicted octanol–water partition coefficient (Wildman–Crippen LogP) is 2.86. The Morgan fingerprint density at radius 1 is 1.47 bits per heavy atom. The molecule has 0 spiro atoms. The van der Waals surface area contributed by atoms with Crippen LogP contribution in [0.2, 0.25) is 0 Å². The monoisotopic (exact) mass is 206 g/mol. The van der Waals surface area contributed by atoms with Gasteiger partial charge in [0.2, 0.25) is 0 Å². The number of benzene rings is 1. The molecular formula is C12H16NO2. The third-order valence-electron chi connectivity index (χ3n) is 1.75. The zero-order valence-electron chi connectivity index (χ0n) is 9.57. The fraction of sp³-hybridized carbons (Fsp3) is 0.417. The maximum atomic E-state index is 11.6. The predicted molar refractivity (Wildman–Crippen MR) is 59.9 cm³/mol. The molecule has 0 atom stereocenters. The zero-order valence-corrected chi connectivity index (χ0v) is 9.57. The lowest BCUT2D eigenvalue weighted by Gasteiger charge is -2.24. The van der Waals surface area contributed by atoms with Gasteiger partial charge >= 0.3 is 6.09 Å². The lowest BCUT2D eigenvalue weighted by Crippen LogP contribution is -2.34. The van der Waals surface area contributed by atoms with Crippen LogP contribution in [0.1, 0.15) is 20.8 Å². The minimum atomic E-state index is -0.468. The third-order valence-corrected chi connectivity index (χ3v) is 1.75. The van der Waals surface area contributed by atoms with Gasteiger partial charge < -0.3 is 4.74 Å². The molecule has 3 nitrogen and oxygen atoms in total. The molecule has 0 heterocycles. The van der Waals surface area contributed by atoms with Crippen molar-refractivity contribution in [3.8, 4) is 0 Å². The molecule has 0 saturated heterocycles. The summed E-state index contributed by atoms with van der Waals surface area (Å²) in [6.45, 7) is 5.53. The van der Waals surface area contributed by atoms with Gasteiger partial charge in [-0.15, -0.1) is 0 Å². The van der Waals surface area contributed by atoms with Crippen LogP contribution in [0.25, 0.3) is 0 Å². The first-order valence-electron chi connectivity index (χ1n) is 4.83. The molecular weight excluding hydrogens is 190 g/mol. The molecule has 0 N–H and O–H groups in total. The maximum Gasteiger partial charge on any atom is 0.414 e. The van der Waals surface area contributed by atoms with E-state index >= 15 is 0 Å². The molecule has 1 aromatic carbocycles. The Bertz CT molecular complexity index is 327. The number of hydrogen-bond donors (Lipinski definition) is 0. The molecule has 0 bridgehead atoms. The Balaban J connectivity index is 2.70. The number of hydrogen-bond acceptors (Lipinski definition) is 2. The van der Waals surface area contributed by atoms with E-state index in [1.54, 1.807) is 19.2 Å². The number of ether oxygens (including phenoxy) is 1. The molecule has 1 aromatic rings. The number of carbonyl (C=O) groups excluding carboxylic acids is 1. The second-order valence-corrected chi connectivity index (χ2v) is 4.30. The van der Waals surface area contributed by atoms with Crippen molar-refractivity contribution in [2.24, 2.45) is 0 Å². The topological polar surface area (TPSA) is 29.5 Å². The van der Waals surface area contributed by atoms with Gasteiger partial charge in [0.15, 0.2) is 0 Å². The van der Waals surface area contributed by atoms with Crippen LogP contribution in [-0.2, 0) is 4.74 Å². The average molecular weight is 206 g/mol. The van der Waals surface area contributed by atoms with Gasteiger partial charge in [-0.25, -0.2) is 4.79 Å². The second-order valence-electron chi connectivity index (χ2n) is 4.30. The Morgan fingerprint density at radius 2 is 2.13 bits per heavy atom. The second kappa shape index (κ2) is 4.34. The van der Waals surface area contributed by atoms with Crippen molar-refractivity contribution >= 4 is 11.8 Å². The van der Waals surface area contributed by atoms with E-state index in [1.807, 2.05) is 32.9 Å². The van der Waals surface area contributed by atoms with Crippen LogP contribution in [0.15, 0.2) is 24.3 Å². The number of anilines is 1. The summed E-state index contributed by atoms with van der Waals surface area (Å²) in [6, 6.07) is 10.1. The lowest BCUT2D eigenvalue weighted by atomic mass is 10.2. The van der Waals surface area contributed by atoms with Crippen LogP contribution < -0.4 is 4.90 Å². The number of carbonyl (C=O) groups is 1. The highest BCUT2D eigenvalue weighted by atomic mass is 16.6. The van der Waals surface area contributed by atoms with Crippen molar-refractivity contribution in [2.45, 2.75) is 26.4 Å². The first-order valence-corrected chi connectivity index (χ1v) is 4.83. The van der Waals surface area contributed by atoms with Crippen molar-refractivity contribution in [3.05, 3.63) is 30.3 Å². The summed E-state index contributed by atoms with van der Waals surface area (Å²) in [5.74, 6) is 0. The van der Waals surface area contributed by atoms with Crippen LogP contribution in [0, 0.1) is 6.07 Å². The Kier molecular flexibility index (Phi) is 3.35. The van der Waals surface area contributed by atoms with Crippen molar-refractivity contribution in [3.63, 3.8) is 0 Å². The maximum absolute atomic E-state index is 11.6. The van der Waals surface area contributed by atoms with E-state index in [2.05, 4.69) is 6.07 Å². The molecule has 0 aliphatic rings. The quantitative estimate of drug-likeness (QED) is 0.707. The fourth-order valence-electron chi connectivity index (χ4n) is 1.03. The molecule has 0 fully saturated rings. The summed E-state index contributed by atoms with van der Waals surface area (Å²) < 4.78 is 5.23. The third kappa shape index (κ3) is 3.62. The van der Waals surface area contributed by atoms with Crippen LogP contribution in [0.4, 0.5) is 10.5 Å². The average Bonchev–Trinajstić information content (AvgIpc) is 2.15.